The molecule has 1 saturated heterocycles. The molecule has 1 amide bonds. The summed E-state index contributed by atoms with van der Waals surface area (Å²) in [4.78, 5) is 29.1. The van der Waals surface area contributed by atoms with E-state index in [1.165, 1.54) is 6.92 Å². The molecule has 1 unspecified atom stereocenters. The van der Waals surface area contributed by atoms with E-state index in [1.54, 1.807) is 18.2 Å². The van der Waals surface area contributed by atoms with Crippen molar-refractivity contribution in [1.29, 1.82) is 0 Å². The van der Waals surface area contributed by atoms with Crippen molar-refractivity contribution in [1.82, 2.24) is 15.2 Å². The summed E-state index contributed by atoms with van der Waals surface area (Å²) in [5, 5.41) is 11.9. The highest BCUT2D eigenvalue weighted by Gasteiger charge is 2.27. The van der Waals surface area contributed by atoms with Gasteiger partial charge in [0.1, 0.15) is 0 Å². The monoisotopic (exact) mass is 353 g/mol. The molecule has 1 fully saturated rings. The first-order valence-corrected chi connectivity index (χ1v) is 8.78. The van der Waals surface area contributed by atoms with E-state index in [-0.39, 0.29) is 11.9 Å². The van der Waals surface area contributed by atoms with Crippen LogP contribution in [0.1, 0.15) is 53.0 Å². The number of aromatic carboxylic acids is 1. The number of hydrogen-bond donors (Lipinski definition) is 2. The van der Waals surface area contributed by atoms with Crippen molar-refractivity contribution in [3.05, 3.63) is 65.0 Å². The van der Waals surface area contributed by atoms with E-state index in [4.69, 9.17) is 5.11 Å². The Labute approximate surface area is 152 Å². The first-order chi connectivity index (χ1) is 12.5. The number of hydrogen-bond acceptors (Lipinski definition) is 4. The number of rotatable bonds is 6. The Morgan fingerprint density at radius 3 is 2.81 bits per heavy atom. The van der Waals surface area contributed by atoms with Gasteiger partial charge >= 0.3 is 5.97 Å². The van der Waals surface area contributed by atoms with Crippen molar-refractivity contribution in [3.63, 3.8) is 0 Å². The first kappa shape index (κ1) is 18.1. The van der Waals surface area contributed by atoms with Crippen LogP contribution in [0.2, 0.25) is 0 Å². The van der Waals surface area contributed by atoms with Gasteiger partial charge in [0.25, 0.3) is 0 Å². The highest BCUT2D eigenvalue weighted by Crippen LogP contribution is 2.32. The van der Waals surface area contributed by atoms with E-state index in [9.17, 15) is 9.59 Å². The average Bonchev–Trinajstić information content (AvgIpc) is 3.08. The van der Waals surface area contributed by atoms with Gasteiger partial charge in [-0.2, -0.15) is 0 Å². The van der Waals surface area contributed by atoms with Crippen molar-refractivity contribution >= 4 is 11.9 Å². The fraction of sp³-hybridized carbons (Fsp3) is 0.350. The second-order valence-electron chi connectivity index (χ2n) is 6.64. The van der Waals surface area contributed by atoms with Gasteiger partial charge in [-0.05, 0) is 48.7 Å². The maximum atomic E-state index is 11.2. The summed E-state index contributed by atoms with van der Waals surface area (Å²) in [5.74, 6) is -0.958. The lowest BCUT2D eigenvalue weighted by Gasteiger charge is -2.24. The number of benzene rings is 1. The molecule has 3 rings (SSSR count). The highest BCUT2D eigenvalue weighted by molar-refractivity contribution is 5.87. The molecule has 2 aromatic rings. The molecular weight excluding hydrogens is 330 g/mol. The fourth-order valence-corrected chi connectivity index (χ4v) is 3.35. The number of nitrogens with one attached hydrogen (secondary N) is 1. The summed E-state index contributed by atoms with van der Waals surface area (Å²) in [5.41, 5.74) is 3.31. The molecule has 26 heavy (non-hydrogen) atoms. The van der Waals surface area contributed by atoms with Gasteiger partial charge in [0, 0.05) is 26.2 Å². The number of likely N-dealkylation sites (tertiary alicyclic amines) is 1. The lowest BCUT2D eigenvalue weighted by atomic mass is 10.1. The van der Waals surface area contributed by atoms with Crippen LogP contribution in [0.3, 0.4) is 0 Å². The summed E-state index contributed by atoms with van der Waals surface area (Å²) < 4.78 is 0. The summed E-state index contributed by atoms with van der Waals surface area (Å²) in [6, 6.07) is 11.4. The van der Waals surface area contributed by atoms with E-state index < -0.39 is 5.97 Å². The lowest BCUT2D eigenvalue weighted by molar-refractivity contribution is -0.119. The van der Waals surface area contributed by atoms with Crippen molar-refractivity contribution in [2.24, 2.45) is 0 Å². The molecule has 6 heteroatoms. The first-order valence-electron chi connectivity index (χ1n) is 8.78. The molecule has 2 N–H and O–H groups in total. The molecule has 1 atom stereocenters. The molecular formula is C20H23N3O3. The van der Waals surface area contributed by atoms with Crippen LogP contribution >= 0.6 is 0 Å². The van der Waals surface area contributed by atoms with E-state index >= 15 is 0 Å². The Kier molecular flexibility index (Phi) is 5.63. The quantitative estimate of drug-likeness (QED) is 0.834. The third kappa shape index (κ3) is 4.46. The van der Waals surface area contributed by atoms with Gasteiger partial charge in [-0.1, -0.05) is 18.2 Å². The Morgan fingerprint density at radius 1 is 1.27 bits per heavy atom. The van der Waals surface area contributed by atoms with Crippen LogP contribution in [0.4, 0.5) is 0 Å². The standard InChI is InChI=1S/C20H23N3O3/c1-14(24)21-11-16-7-8-18(22-12-16)19-6-3-9-23(19)13-15-4-2-5-17(10-15)20(25)26/h2,4-5,7-8,10,12,19H,3,6,9,11,13H2,1H3,(H,21,24)(H,25,26). The van der Waals surface area contributed by atoms with Crippen molar-refractivity contribution in [2.45, 2.75) is 38.9 Å². The predicted molar refractivity (Wildman–Crippen MR) is 97.5 cm³/mol. The van der Waals surface area contributed by atoms with Gasteiger partial charge in [-0.3, -0.25) is 14.7 Å². The molecule has 136 valence electrons. The number of nitrogens with zero attached hydrogens (tertiary/aromatic N) is 2. The second kappa shape index (κ2) is 8.10. The Morgan fingerprint density at radius 2 is 2.12 bits per heavy atom. The molecule has 2 heterocycles. The SMILES string of the molecule is CC(=O)NCc1ccc(C2CCCN2Cc2cccc(C(=O)O)c2)nc1. The summed E-state index contributed by atoms with van der Waals surface area (Å²) >= 11 is 0. The number of carbonyl (C=O) groups excluding carboxylic acids is 1. The molecule has 1 aliphatic rings. The van der Waals surface area contributed by atoms with E-state index in [0.717, 1.165) is 36.2 Å². The molecule has 1 aliphatic heterocycles. The summed E-state index contributed by atoms with van der Waals surface area (Å²) in [6.45, 7) is 3.66. The van der Waals surface area contributed by atoms with E-state index in [0.29, 0.717) is 18.7 Å². The van der Waals surface area contributed by atoms with E-state index in [1.807, 2.05) is 24.4 Å². The Balaban J connectivity index is 1.69. The zero-order valence-corrected chi connectivity index (χ0v) is 14.8. The molecule has 6 nitrogen and oxygen atoms in total. The summed E-state index contributed by atoms with van der Waals surface area (Å²) in [7, 11) is 0. The van der Waals surface area contributed by atoms with Gasteiger partial charge in [0.05, 0.1) is 17.3 Å². The van der Waals surface area contributed by atoms with Crippen LogP contribution in [-0.2, 0) is 17.9 Å². The van der Waals surface area contributed by atoms with Gasteiger partial charge in [-0.25, -0.2) is 4.79 Å². The van der Waals surface area contributed by atoms with Crippen LogP contribution in [0.25, 0.3) is 0 Å². The third-order valence-corrected chi connectivity index (χ3v) is 4.65. The average molecular weight is 353 g/mol. The van der Waals surface area contributed by atoms with Crippen LogP contribution < -0.4 is 5.32 Å². The minimum Gasteiger partial charge on any atom is -0.478 e. The normalized spacial score (nSPS) is 17.2. The molecule has 0 spiro atoms. The molecule has 0 radical (unpaired) electrons. The molecule has 1 aromatic carbocycles. The van der Waals surface area contributed by atoms with Crippen LogP contribution in [-0.4, -0.2) is 33.4 Å². The maximum absolute atomic E-state index is 11.2. The zero-order valence-electron chi connectivity index (χ0n) is 14.8. The van der Waals surface area contributed by atoms with Crippen molar-refractivity contribution in [3.8, 4) is 0 Å². The molecule has 0 aliphatic carbocycles. The third-order valence-electron chi connectivity index (χ3n) is 4.65. The Bertz CT molecular complexity index is 789. The van der Waals surface area contributed by atoms with Crippen LogP contribution in [0, 0.1) is 0 Å². The fourth-order valence-electron chi connectivity index (χ4n) is 3.35. The van der Waals surface area contributed by atoms with Gasteiger partial charge in [0.15, 0.2) is 0 Å². The Hall–Kier alpha value is -2.73. The number of carbonyl (C=O) groups is 2. The van der Waals surface area contributed by atoms with Gasteiger partial charge in [-0.15, -0.1) is 0 Å². The van der Waals surface area contributed by atoms with Crippen LogP contribution in [0.15, 0.2) is 42.6 Å². The summed E-state index contributed by atoms with van der Waals surface area (Å²) in [6.07, 6.45) is 3.95. The zero-order chi connectivity index (χ0) is 18.5. The smallest absolute Gasteiger partial charge is 0.335 e. The van der Waals surface area contributed by atoms with Gasteiger partial charge in [0.2, 0.25) is 5.91 Å². The topological polar surface area (TPSA) is 82.5 Å². The number of pyridine rings is 1. The number of aromatic nitrogens is 1. The number of carboxylic acid groups (broad SMARTS) is 1. The largest absolute Gasteiger partial charge is 0.478 e. The second-order valence-corrected chi connectivity index (χ2v) is 6.64. The predicted octanol–water partition coefficient (Wildman–Crippen LogP) is 2.75. The van der Waals surface area contributed by atoms with Gasteiger partial charge < -0.3 is 10.4 Å². The minimum atomic E-state index is -0.902. The van der Waals surface area contributed by atoms with Crippen molar-refractivity contribution in [2.75, 3.05) is 6.54 Å². The number of carboxylic acids is 1. The molecule has 0 saturated carbocycles. The molecule has 0 bridgehead atoms. The number of amides is 1. The van der Waals surface area contributed by atoms with Crippen LogP contribution in [0.5, 0.6) is 0 Å². The van der Waals surface area contributed by atoms with Crippen molar-refractivity contribution < 1.29 is 14.7 Å². The minimum absolute atomic E-state index is 0.0559. The molecule has 1 aromatic heterocycles. The van der Waals surface area contributed by atoms with E-state index in [2.05, 4.69) is 15.2 Å². The highest BCUT2D eigenvalue weighted by atomic mass is 16.4. The lowest BCUT2D eigenvalue weighted by Crippen LogP contribution is -2.24. The maximum Gasteiger partial charge on any atom is 0.335 e.